The van der Waals surface area contributed by atoms with E-state index in [4.69, 9.17) is 9.84 Å². The topological polar surface area (TPSA) is 63.6 Å². The lowest BCUT2D eigenvalue weighted by Crippen LogP contribution is -2.03. The Morgan fingerprint density at radius 2 is 1.55 bits per heavy atom. The molecule has 0 amide bonds. The molecule has 0 aromatic carbocycles. The van der Waals surface area contributed by atoms with Gasteiger partial charge in [-0.15, -0.1) is 0 Å². The predicted octanol–water partition coefficient (Wildman–Crippen LogP) is 3.15. The lowest BCUT2D eigenvalue weighted by molar-refractivity contribution is -0.137. The molecule has 1 fully saturated rings. The van der Waals surface area contributed by atoms with Gasteiger partial charge in [0, 0.05) is 11.8 Å². The van der Waals surface area contributed by atoms with E-state index in [-0.39, 0.29) is 0 Å². The molecular weight excluding hydrogens is 256 g/mol. The Balaban J connectivity index is 1.78. The van der Waals surface area contributed by atoms with Gasteiger partial charge in [-0.3, -0.25) is 0 Å². The molecule has 112 valence electrons. The van der Waals surface area contributed by atoms with Crippen molar-refractivity contribution >= 4 is 11.9 Å². The number of hydrogen-bond donors (Lipinski definition) is 1. The van der Waals surface area contributed by atoms with Crippen molar-refractivity contribution in [3.05, 3.63) is 0 Å². The van der Waals surface area contributed by atoms with Crippen molar-refractivity contribution in [3.8, 4) is 11.8 Å². The van der Waals surface area contributed by atoms with E-state index < -0.39 is 11.9 Å². The molecule has 1 saturated carbocycles. The summed E-state index contributed by atoms with van der Waals surface area (Å²) in [4.78, 5) is 21.0. The van der Waals surface area contributed by atoms with E-state index >= 15 is 0 Å². The van der Waals surface area contributed by atoms with Crippen LogP contribution in [0, 0.1) is 17.8 Å². The number of aliphatic carboxylic acids is 1. The minimum absolute atomic E-state index is 0.328. The molecule has 1 aliphatic rings. The fourth-order valence-electron chi connectivity index (χ4n) is 2.13. The Morgan fingerprint density at radius 3 is 2.15 bits per heavy atom. The van der Waals surface area contributed by atoms with Crippen molar-refractivity contribution in [1.29, 1.82) is 0 Å². The Bertz CT molecular complexity index is 360. The lowest BCUT2D eigenvalue weighted by Gasteiger charge is -2.02. The van der Waals surface area contributed by atoms with Gasteiger partial charge in [-0.25, -0.2) is 9.59 Å². The van der Waals surface area contributed by atoms with Crippen LogP contribution in [-0.2, 0) is 14.3 Å². The van der Waals surface area contributed by atoms with Crippen LogP contribution in [0.15, 0.2) is 0 Å². The highest BCUT2D eigenvalue weighted by Gasteiger charge is 2.19. The van der Waals surface area contributed by atoms with Crippen LogP contribution in [0.4, 0.5) is 0 Å². The minimum Gasteiger partial charge on any atom is -0.472 e. The van der Waals surface area contributed by atoms with Crippen molar-refractivity contribution in [2.45, 2.75) is 64.2 Å². The van der Waals surface area contributed by atoms with Crippen LogP contribution in [-0.4, -0.2) is 23.7 Å². The van der Waals surface area contributed by atoms with E-state index in [9.17, 15) is 9.59 Å². The SMILES string of the molecule is O=C(O)C#CC(=O)OCCCCCCCCCC1CC1. The maximum atomic E-state index is 11.0. The number of rotatable bonds is 10. The molecule has 0 aromatic rings. The van der Waals surface area contributed by atoms with Crippen molar-refractivity contribution < 1.29 is 19.4 Å². The fraction of sp³-hybridized carbons (Fsp3) is 0.750. The van der Waals surface area contributed by atoms with Crippen LogP contribution in [0.3, 0.4) is 0 Å². The molecule has 0 aromatic heterocycles. The fourth-order valence-corrected chi connectivity index (χ4v) is 2.13. The number of esters is 1. The molecule has 0 bridgehead atoms. The first-order valence-corrected chi connectivity index (χ1v) is 7.60. The third-order valence-corrected chi connectivity index (χ3v) is 3.46. The third kappa shape index (κ3) is 10.4. The van der Waals surface area contributed by atoms with Gasteiger partial charge in [-0.1, -0.05) is 57.8 Å². The second kappa shape index (κ2) is 10.3. The van der Waals surface area contributed by atoms with Gasteiger partial charge in [0.2, 0.25) is 0 Å². The Hall–Kier alpha value is -1.50. The molecule has 0 heterocycles. The van der Waals surface area contributed by atoms with Gasteiger partial charge in [0.1, 0.15) is 0 Å². The highest BCUT2D eigenvalue weighted by Crippen LogP contribution is 2.34. The maximum absolute atomic E-state index is 11.0. The highest BCUT2D eigenvalue weighted by atomic mass is 16.5. The summed E-state index contributed by atoms with van der Waals surface area (Å²) in [5.74, 6) is 2.62. The molecule has 0 spiro atoms. The van der Waals surface area contributed by atoms with Crippen LogP contribution in [0.2, 0.25) is 0 Å². The second-order valence-corrected chi connectivity index (χ2v) is 5.40. The molecule has 4 heteroatoms. The van der Waals surface area contributed by atoms with E-state index in [1.807, 2.05) is 5.92 Å². The molecule has 0 aliphatic heterocycles. The van der Waals surface area contributed by atoms with E-state index in [1.165, 1.54) is 51.4 Å². The van der Waals surface area contributed by atoms with E-state index in [0.29, 0.717) is 6.61 Å². The quantitative estimate of drug-likeness (QED) is 0.289. The van der Waals surface area contributed by atoms with Crippen molar-refractivity contribution in [2.75, 3.05) is 6.61 Å². The first kappa shape index (κ1) is 16.6. The zero-order valence-corrected chi connectivity index (χ0v) is 12.0. The smallest absolute Gasteiger partial charge is 0.384 e. The largest absolute Gasteiger partial charge is 0.472 e. The summed E-state index contributed by atoms with van der Waals surface area (Å²) in [5.41, 5.74) is 0. The maximum Gasteiger partial charge on any atom is 0.384 e. The Morgan fingerprint density at radius 1 is 0.950 bits per heavy atom. The monoisotopic (exact) mass is 280 g/mol. The standard InChI is InChI=1S/C16H24O4/c17-15(18)11-12-16(19)20-13-7-5-3-1-2-4-6-8-14-9-10-14/h14H,1-10,13H2,(H,17,18). The number of hydrogen-bond acceptors (Lipinski definition) is 3. The lowest BCUT2D eigenvalue weighted by atomic mass is 10.1. The van der Waals surface area contributed by atoms with Gasteiger partial charge in [-0.2, -0.15) is 0 Å². The van der Waals surface area contributed by atoms with Gasteiger partial charge in [-0.05, 0) is 12.3 Å². The van der Waals surface area contributed by atoms with Crippen LogP contribution >= 0.6 is 0 Å². The van der Waals surface area contributed by atoms with Crippen molar-refractivity contribution in [1.82, 2.24) is 0 Å². The highest BCUT2D eigenvalue weighted by molar-refractivity contribution is 5.97. The number of ether oxygens (including phenoxy) is 1. The number of carboxylic acids is 1. The number of carboxylic acid groups (broad SMARTS) is 1. The van der Waals surface area contributed by atoms with Gasteiger partial charge >= 0.3 is 11.9 Å². The van der Waals surface area contributed by atoms with E-state index in [0.717, 1.165) is 18.8 Å². The normalized spacial score (nSPS) is 13.4. The molecular formula is C16H24O4. The van der Waals surface area contributed by atoms with Crippen LogP contribution in [0.25, 0.3) is 0 Å². The van der Waals surface area contributed by atoms with Gasteiger partial charge in [0.25, 0.3) is 0 Å². The third-order valence-electron chi connectivity index (χ3n) is 3.46. The summed E-state index contributed by atoms with van der Waals surface area (Å²) in [6, 6.07) is 0. The van der Waals surface area contributed by atoms with Crippen molar-refractivity contribution in [3.63, 3.8) is 0 Å². The first-order valence-electron chi connectivity index (χ1n) is 7.60. The summed E-state index contributed by atoms with van der Waals surface area (Å²) < 4.78 is 4.79. The van der Waals surface area contributed by atoms with Gasteiger partial charge in [0.15, 0.2) is 0 Å². The summed E-state index contributed by atoms with van der Waals surface area (Å²) in [6.07, 6.45) is 12.6. The molecule has 4 nitrogen and oxygen atoms in total. The zero-order chi connectivity index (χ0) is 14.6. The Labute approximate surface area is 120 Å². The van der Waals surface area contributed by atoms with Crippen LogP contribution < -0.4 is 0 Å². The summed E-state index contributed by atoms with van der Waals surface area (Å²) >= 11 is 0. The van der Waals surface area contributed by atoms with E-state index in [1.54, 1.807) is 5.92 Å². The van der Waals surface area contributed by atoms with Crippen LogP contribution in [0.5, 0.6) is 0 Å². The zero-order valence-electron chi connectivity index (χ0n) is 12.0. The number of carbonyl (C=O) groups is 2. The first-order chi connectivity index (χ1) is 9.68. The molecule has 1 N–H and O–H groups in total. The Kier molecular flexibility index (Phi) is 8.53. The summed E-state index contributed by atoms with van der Waals surface area (Å²) in [6.45, 7) is 0.328. The predicted molar refractivity (Wildman–Crippen MR) is 76.0 cm³/mol. The van der Waals surface area contributed by atoms with Crippen molar-refractivity contribution in [2.24, 2.45) is 5.92 Å². The molecule has 0 unspecified atom stereocenters. The van der Waals surface area contributed by atoms with Gasteiger partial charge in [0.05, 0.1) is 6.61 Å². The molecule has 0 atom stereocenters. The summed E-state index contributed by atoms with van der Waals surface area (Å²) in [5, 5.41) is 8.24. The van der Waals surface area contributed by atoms with Gasteiger partial charge < -0.3 is 9.84 Å². The number of carbonyl (C=O) groups excluding carboxylic acids is 1. The number of unbranched alkanes of at least 4 members (excludes halogenated alkanes) is 6. The average molecular weight is 280 g/mol. The van der Waals surface area contributed by atoms with Crippen LogP contribution in [0.1, 0.15) is 64.2 Å². The molecule has 0 radical (unpaired) electrons. The molecule has 1 aliphatic carbocycles. The molecule has 1 rings (SSSR count). The van der Waals surface area contributed by atoms with E-state index in [2.05, 4.69) is 0 Å². The molecule has 20 heavy (non-hydrogen) atoms. The molecule has 0 saturated heterocycles. The summed E-state index contributed by atoms with van der Waals surface area (Å²) in [7, 11) is 0. The second-order valence-electron chi connectivity index (χ2n) is 5.40. The average Bonchev–Trinajstić information content (AvgIpc) is 3.22. The minimum atomic E-state index is -1.32.